The zero-order valence-corrected chi connectivity index (χ0v) is 22.1. The predicted octanol–water partition coefficient (Wildman–Crippen LogP) is 5.79. The van der Waals surface area contributed by atoms with Crippen molar-refractivity contribution in [3.63, 3.8) is 0 Å². The van der Waals surface area contributed by atoms with Gasteiger partial charge in [-0.1, -0.05) is 41.9 Å². The van der Waals surface area contributed by atoms with E-state index in [4.69, 9.17) is 9.39 Å². The third kappa shape index (κ3) is 3.98. The molecule has 37 heavy (non-hydrogen) atoms. The molecule has 7 rings (SSSR count). The molecule has 180 valence electrons. The average Bonchev–Trinajstić information content (AvgIpc) is 3.44. The van der Waals surface area contributed by atoms with E-state index in [0.29, 0.717) is 11.5 Å². The Morgan fingerprint density at radius 3 is 2.46 bits per heavy atom. The Balaban J connectivity index is 0.00000252. The first-order chi connectivity index (χ1) is 17.8. The third-order valence-electron chi connectivity index (χ3n) is 6.55. The molecule has 3 heterocycles. The van der Waals surface area contributed by atoms with Gasteiger partial charge in [-0.15, -0.1) is 35.1 Å². The second kappa shape index (κ2) is 9.46. The topological polar surface area (TPSA) is 39.5 Å². The van der Waals surface area contributed by atoms with Gasteiger partial charge < -0.3 is 18.8 Å². The minimum absolute atomic E-state index is 0. The van der Waals surface area contributed by atoms with Gasteiger partial charge >= 0.3 is 28.1 Å². The van der Waals surface area contributed by atoms with Gasteiger partial charge in [0.25, 0.3) is 0 Å². The van der Waals surface area contributed by atoms with Gasteiger partial charge in [0, 0.05) is 23.2 Å². The molecule has 0 bridgehead atoms. The van der Waals surface area contributed by atoms with Crippen molar-refractivity contribution in [2.45, 2.75) is 0 Å². The number of rotatable bonds is 4. The van der Waals surface area contributed by atoms with Crippen molar-refractivity contribution in [1.82, 2.24) is 9.55 Å². The van der Waals surface area contributed by atoms with Crippen molar-refractivity contribution in [3.05, 3.63) is 115 Å². The van der Waals surface area contributed by atoms with Crippen molar-refractivity contribution >= 4 is 40.0 Å². The van der Waals surface area contributed by atoms with E-state index in [-0.39, 0.29) is 28.1 Å². The Bertz CT molecular complexity index is 1740. The number of para-hydroxylation sites is 3. The molecular weight excluding hydrogens is 640 g/mol. The molecule has 0 saturated carbocycles. The van der Waals surface area contributed by atoms with E-state index in [9.17, 15) is 0 Å². The molecule has 0 atom stereocenters. The van der Waals surface area contributed by atoms with Crippen LogP contribution in [0.25, 0.3) is 27.6 Å². The quantitative estimate of drug-likeness (QED) is 0.177. The maximum absolute atomic E-state index is 6.27. The molecule has 1 aliphatic heterocycles. The molecule has 0 saturated heterocycles. The zero-order valence-electron chi connectivity index (χ0n) is 19.9. The summed E-state index contributed by atoms with van der Waals surface area (Å²) in [6.07, 6.45) is 1.80. The van der Waals surface area contributed by atoms with E-state index in [0.717, 1.165) is 44.5 Å². The minimum Gasteiger partial charge on any atom is -0.537 e. The van der Waals surface area contributed by atoms with E-state index in [1.807, 2.05) is 73.8 Å². The molecule has 0 fully saturated rings. The molecule has 4 aromatic carbocycles. The number of fused-ring (bicyclic) bond motifs is 4. The van der Waals surface area contributed by atoms with Gasteiger partial charge in [0.15, 0.2) is 0 Å². The van der Waals surface area contributed by atoms with Gasteiger partial charge in [-0.25, -0.2) is 4.98 Å². The van der Waals surface area contributed by atoms with Crippen LogP contribution < -0.4 is 19.7 Å². The van der Waals surface area contributed by atoms with E-state index in [1.54, 1.807) is 6.20 Å². The molecule has 0 spiro atoms. The SMILES string of the molecule is CN1B(c2[c-]c(Oc3[c-]c4c(cc3)c3ccccc3n4-c3ccccn3)ccc2)Oc2ccccc21.[Pt+2]. The molecule has 0 amide bonds. The second-order valence-corrected chi connectivity index (χ2v) is 8.75. The van der Waals surface area contributed by atoms with Crippen molar-refractivity contribution in [2.24, 2.45) is 0 Å². The number of ether oxygens (including phenoxy) is 1. The first-order valence-corrected chi connectivity index (χ1v) is 11.8. The van der Waals surface area contributed by atoms with Gasteiger partial charge in [0.2, 0.25) is 0 Å². The molecule has 0 aliphatic carbocycles. The number of anilines is 1. The molecular formula is C30H20BN3O2Pt. The van der Waals surface area contributed by atoms with Crippen molar-refractivity contribution < 1.29 is 30.5 Å². The molecule has 0 radical (unpaired) electrons. The Morgan fingerprint density at radius 2 is 1.59 bits per heavy atom. The van der Waals surface area contributed by atoms with Crippen molar-refractivity contribution in [2.75, 3.05) is 11.9 Å². The number of aromatic nitrogens is 2. The molecule has 7 heteroatoms. The summed E-state index contributed by atoms with van der Waals surface area (Å²) in [7, 11) is 1.76. The predicted molar refractivity (Wildman–Crippen MR) is 144 cm³/mol. The van der Waals surface area contributed by atoms with Crippen LogP contribution in [0.1, 0.15) is 0 Å². The molecule has 1 aliphatic rings. The maximum atomic E-state index is 6.27. The largest absolute Gasteiger partial charge is 2.00 e. The summed E-state index contributed by atoms with van der Waals surface area (Å²) in [4.78, 5) is 6.70. The summed E-state index contributed by atoms with van der Waals surface area (Å²) in [5, 5.41) is 2.25. The fourth-order valence-electron chi connectivity index (χ4n) is 4.89. The zero-order chi connectivity index (χ0) is 24.1. The molecule has 2 aromatic heterocycles. The van der Waals surface area contributed by atoms with Gasteiger partial charge in [0.1, 0.15) is 11.6 Å². The number of hydrogen-bond acceptors (Lipinski definition) is 4. The average molecular weight is 660 g/mol. The summed E-state index contributed by atoms with van der Waals surface area (Å²) in [6.45, 7) is 0. The van der Waals surface area contributed by atoms with E-state index >= 15 is 0 Å². The van der Waals surface area contributed by atoms with Crippen LogP contribution in [-0.4, -0.2) is 23.6 Å². The standard InChI is InChI=1S/C30H20BN3O2.Pt/c1-33-27-13-4-5-14-29(27)36-31(33)21-9-8-10-22(19-21)35-23-16-17-25-24-11-2-3-12-26(24)34(28(25)20-23)30-15-6-7-18-32-30;/h2-18H,1H3;/q-2;+2. The van der Waals surface area contributed by atoms with Crippen LogP contribution >= 0.6 is 0 Å². The van der Waals surface area contributed by atoms with Crippen LogP contribution in [0, 0.1) is 12.1 Å². The summed E-state index contributed by atoms with van der Waals surface area (Å²) in [6, 6.07) is 39.0. The first kappa shape index (κ1) is 23.4. The summed E-state index contributed by atoms with van der Waals surface area (Å²) >= 11 is 0. The molecule has 5 nitrogen and oxygen atoms in total. The first-order valence-electron chi connectivity index (χ1n) is 11.8. The third-order valence-corrected chi connectivity index (χ3v) is 6.55. The Kier molecular flexibility index (Phi) is 5.98. The molecule has 0 N–H and O–H groups in total. The van der Waals surface area contributed by atoms with Gasteiger partial charge in [-0.2, -0.15) is 18.2 Å². The number of hydrogen-bond donors (Lipinski definition) is 0. The van der Waals surface area contributed by atoms with Gasteiger partial charge in [0.05, 0.1) is 5.69 Å². The maximum Gasteiger partial charge on any atom is 2.00 e. The minimum atomic E-state index is -0.260. The van der Waals surface area contributed by atoms with Crippen molar-refractivity contribution in [1.29, 1.82) is 0 Å². The molecule has 0 unspecified atom stereocenters. The smallest absolute Gasteiger partial charge is 0.537 e. The summed E-state index contributed by atoms with van der Waals surface area (Å²) in [5.74, 6) is 2.92. The second-order valence-electron chi connectivity index (χ2n) is 8.75. The van der Waals surface area contributed by atoms with Crippen LogP contribution in [0.15, 0.2) is 103 Å². The van der Waals surface area contributed by atoms with Crippen molar-refractivity contribution in [3.8, 4) is 23.1 Å². The Hall–Kier alpha value is -4.02. The van der Waals surface area contributed by atoms with Crippen LogP contribution in [0.4, 0.5) is 5.69 Å². The molecule has 6 aromatic rings. The van der Waals surface area contributed by atoms with Crippen LogP contribution in [0.3, 0.4) is 0 Å². The number of nitrogens with zero attached hydrogens (tertiary/aromatic N) is 3. The Labute approximate surface area is 229 Å². The Morgan fingerprint density at radius 1 is 0.784 bits per heavy atom. The van der Waals surface area contributed by atoms with Gasteiger partial charge in [-0.3, -0.25) is 0 Å². The van der Waals surface area contributed by atoms with Crippen LogP contribution in [0.5, 0.6) is 17.2 Å². The van der Waals surface area contributed by atoms with E-state index in [2.05, 4.69) is 56.8 Å². The number of pyridine rings is 1. The van der Waals surface area contributed by atoms with E-state index < -0.39 is 0 Å². The summed E-state index contributed by atoms with van der Waals surface area (Å²) < 4.78 is 14.6. The van der Waals surface area contributed by atoms with Gasteiger partial charge in [-0.05, 0) is 42.8 Å². The fraction of sp³-hybridized carbons (Fsp3) is 0.0333. The van der Waals surface area contributed by atoms with Crippen LogP contribution in [0.2, 0.25) is 0 Å². The monoisotopic (exact) mass is 660 g/mol. The fourth-order valence-corrected chi connectivity index (χ4v) is 4.89. The summed E-state index contributed by atoms with van der Waals surface area (Å²) in [5.41, 5.74) is 3.95. The van der Waals surface area contributed by atoms with Crippen LogP contribution in [-0.2, 0) is 21.1 Å². The number of benzene rings is 4. The van der Waals surface area contributed by atoms with E-state index in [1.165, 1.54) is 0 Å². The normalized spacial score (nSPS) is 12.4.